The first-order valence-corrected chi connectivity index (χ1v) is 10.7. The van der Waals surface area contributed by atoms with E-state index in [1.54, 1.807) is 0 Å². The van der Waals surface area contributed by atoms with Crippen LogP contribution in [0.5, 0.6) is 5.75 Å². The lowest BCUT2D eigenvalue weighted by molar-refractivity contribution is 0.103. The van der Waals surface area contributed by atoms with E-state index in [0.717, 1.165) is 33.5 Å². The number of hydrogen-bond donors (Lipinski definition) is 0. The molecule has 5 aromatic rings. The van der Waals surface area contributed by atoms with Gasteiger partial charge in [-0.3, -0.25) is 4.79 Å². The van der Waals surface area contributed by atoms with Crippen LogP contribution in [0.1, 0.15) is 27.2 Å². The number of rotatable bonds is 6. The average Bonchev–Trinajstić information content (AvgIpc) is 3.20. The van der Waals surface area contributed by atoms with Gasteiger partial charge in [-0.2, -0.15) is 0 Å². The Bertz CT molecular complexity index is 1390. The monoisotopic (exact) mass is 417 g/mol. The van der Waals surface area contributed by atoms with Crippen LogP contribution in [0, 0.1) is 6.92 Å². The van der Waals surface area contributed by atoms with E-state index in [1.807, 2.05) is 121 Å². The van der Waals surface area contributed by atoms with E-state index in [9.17, 15) is 4.79 Å². The summed E-state index contributed by atoms with van der Waals surface area (Å²) in [5.74, 6) is 0.761. The molecule has 32 heavy (non-hydrogen) atoms. The molecule has 0 saturated heterocycles. The summed E-state index contributed by atoms with van der Waals surface area (Å²) < 4.78 is 8.06. The zero-order valence-electron chi connectivity index (χ0n) is 17.9. The van der Waals surface area contributed by atoms with Crippen LogP contribution >= 0.6 is 0 Å². The molecular weight excluding hydrogens is 394 g/mol. The average molecular weight is 418 g/mol. The maximum absolute atomic E-state index is 13.8. The van der Waals surface area contributed by atoms with Crippen LogP contribution in [-0.4, -0.2) is 10.2 Å². The van der Waals surface area contributed by atoms with E-state index in [0.29, 0.717) is 17.9 Å². The number of fused-ring (bicyclic) bond motifs is 1. The van der Waals surface area contributed by atoms with Crippen LogP contribution in [0.4, 0.5) is 0 Å². The minimum absolute atomic E-state index is 0.00200. The van der Waals surface area contributed by atoms with Crippen LogP contribution in [0.25, 0.3) is 16.6 Å². The molecule has 0 N–H and O–H groups in total. The molecule has 156 valence electrons. The Morgan fingerprint density at radius 2 is 1.50 bits per heavy atom. The molecule has 0 saturated carbocycles. The SMILES string of the molecule is Cc1cc2c(OCc3ccccc3)cccn2c1C(=O)c1ccccc1-c1ccccc1. The highest BCUT2D eigenvalue weighted by Gasteiger charge is 2.21. The Morgan fingerprint density at radius 1 is 0.812 bits per heavy atom. The predicted octanol–water partition coefficient (Wildman–Crippen LogP) is 6.72. The second kappa shape index (κ2) is 8.56. The maximum Gasteiger partial charge on any atom is 0.210 e. The van der Waals surface area contributed by atoms with Gasteiger partial charge in [0.1, 0.15) is 12.4 Å². The summed E-state index contributed by atoms with van der Waals surface area (Å²) in [7, 11) is 0. The van der Waals surface area contributed by atoms with E-state index in [1.165, 1.54) is 0 Å². The number of hydrogen-bond acceptors (Lipinski definition) is 2. The van der Waals surface area contributed by atoms with E-state index in [-0.39, 0.29) is 5.78 Å². The van der Waals surface area contributed by atoms with Crippen molar-refractivity contribution in [3.63, 3.8) is 0 Å². The third-order valence-corrected chi connectivity index (χ3v) is 5.67. The van der Waals surface area contributed by atoms with Crippen LogP contribution in [0.15, 0.2) is 109 Å². The van der Waals surface area contributed by atoms with Crippen molar-refractivity contribution in [1.29, 1.82) is 0 Å². The molecule has 3 aromatic carbocycles. The number of pyridine rings is 1. The molecule has 0 fully saturated rings. The second-order valence-corrected chi connectivity index (χ2v) is 7.82. The Labute approximate surface area is 187 Å². The molecule has 0 amide bonds. The molecule has 3 heteroatoms. The van der Waals surface area contributed by atoms with E-state index < -0.39 is 0 Å². The maximum atomic E-state index is 13.8. The molecule has 0 unspecified atom stereocenters. The quantitative estimate of drug-likeness (QED) is 0.287. The third kappa shape index (κ3) is 3.69. The summed E-state index contributed by atoms with van der Waals surface area (Å²) in [6, 6.07) is 33.8. The normalized spacial score (nSPS) is 10.9. The summed E-state index contributed by atoms with van der Waals surface area (Å²) in [6.07, 6.45) is 1.93. The lowest BCUT2D eigenvalue weighted by atomic mass is 9.95. The number of nitrogens with zero attached hydrogens (tertiary/aromatic N) is 1. The Hall–Kier alpha value is -4.11. The topological polar surface area (TPSA) is 30.7 Å². The number of carbonyl (C=O) groups is 1. The highest BCUT2D eigenvalue weighted by atomic mass is 16.5. The smallest absolute Gasteiger partial charge is 0.210 e. The minimum atomic E-state index is 0.00200. The van der Waals surface area contributed by atoms with Crippen molar-refractivity contribution >= 4 is 11.3 Å². The molecule has 0 bridgehead atoms. The molecule has 0 atom stereocenters. The molecule has 2 heterocycles. The molecule has 5 rings (SSSR count). The van der Waals surface area contributed by atoms with E-state index >= 15 is 0 Å². The van der Waals surface area contributed by atoms with Gasteiger partial charge in [0.2, 0.25) is 5.78 Å². The predicted molar refractivity (Wildman–Crippen MR) is 128 cm³/mol. The fourth-order valence-electron chi connectivity index (χ4n) is 4.12. The number of ketones is 1. The highest BCUT2D eigenvalue weighted by Crippen LogP contribution is 2.30. The van der Waals surface area contributed by atoms with Crippen molar-refractivity contribution in [2.75, 3.05) is 0 Å². The van der Waals surface area contributed by atoms with Crippen LogP contribution in [0.3, 0.4) is 0 Å². The molecule has 3 nitrogen and oxygen atoms in total. The van der Waals surface area contributed by atoms with Gasteiger partial charge in [-0.15, -0.1) is 0 Å². The van der Waals surface area contributed by atoms with Crippen molar-refractivity contribution in [3.05, 3.63) is 132 Å². The molecule has 0 aliphatic heterocycles. The molecule has 0 aliphatic rings. The lowest BCUT2D eigenvalue weighted by Gasteiger charge is -2.11. The minimum Gasteiger partial charge on any atom is -0.487 e. The lowest BCUT2D eigenvalue weighted by Crippen LogP contribution is -2.08. The second-order valence-electron chi connectivity index (χ2n) is 7.82. The van der Waals surface area contributed by atoms with Gasteiger partial charge in [0, 0.05) is 11.8 Å². The number of aryl methyl sites for hydroxylation is 1. The largest absolute Gasteiger partial charge is 0.487 e. The highest BCUT2D eigenvalue weighted by molar-refractivity contribution is 6.13. The van der Waals surface area contributed by atoms with Gasteiger partial charge in [0.05, 0.1) is 11.2 Å². The number of carbonyl (C=O) groups excluding carboxylic acids is 1. The van der Waals surface area contributed by atoms with Crippen LogP contribution in [0.2, 0.25) is 0 Å². The van der Waals surface area contributed by atoms with Gasteiger partial charge in [0.15, 0.2) is 0 Å². The van der Waals surface area contributed by atoms with Gasteiger partial charge in [0.25, 0.3) is 0 Å². The Balaban J connectivity index is 1.55. The molecule has 2 aromatic heterocycles. The molecule has 0 spiro atoms. The fraction of sp³-hybridized carbons (Fsp3) is 0.0690. The molecule has 0 radical (unpaired) electrons. The van der Waals surface area contributed by atoms with Crippen molar-refractivity contribution in [2.45, 2.75) is 13.5 Å². The van der Waals surface area contributed by atoms with E-state index in [4.69, 9.17) is 4.74 Å². The summed E-state index contributed by atoms with van der Waals surface area (Å²) in [5, 5.41) is 0. The Kier molecular flexibility index (Phi) is 5.30. The molecule has 0 aliphatic carbocycles. The molecular formula is C29H23NO2. The standard InChI is InChI=1S/C29H23NO2/c1-21-19-26-27(32-20-22-11-4-2-5-12-22)17-10-18-30(26)28(21)29(31)25-16-9-8-15-24(25)23-13-6-3-7-14-23/h2-19H,20H2,1H3. The van der Waals surface area contributed by atoms with Crippen LogP contribution < -0.4 is 4.74 Å². The zero-order valence-corrected chi connectivity index (χ0v) is 17.9. The number of ether oxygens (including phenoxy) is 1. The van der Waals surface area contributed by atoms with Gasteiger partial charge >= 0.3 is 0 Å². The number of aromatic nitrogens is 1. The van der Waals surface area contributed by atoms with E-state index in [2.05, 4.69) is 0 Å². The zero-order chi connectivity index (χ0) is 21.9. The van der Waals surface area contributed by atoms with Gasteiger partial charge in [-0.05, 0) is 47.4 Å². The fourth-order valence-corrected chi connectivity index (χ4v) is 4.12. The van der Waals surface area contributed by atoms with Gasteiger partial charge in [-0.1, -0.05) is 84.9 Å². The first-order valence-electron chi connectivity index (χ1n) is 10.7. The van der Waals surface area contributed by atoms with Crippen molar-refractivity contribution in [1.82, 2.24) is 4.40 Å². The first kappa shape index (κ1) is 19.8. The van der Waals surface area contributed by atoms with Crippen molar-refractivity contribution in [2.24, 2.45) is 0 Å². The number of benzene rings is 3. The van der Waals surface area contributed by atoms with Crippen molar-refractivity contribution in [3.8, 4) is 16.9 Å². The van der Waals surface area contributed by atoms with Gasteiger partial charge < -0.3 is 9.14 Å². The summed E-state index contributed by atoms with van der Waals surface area (Å²) in [5.41, 5.74) is 6.23. The summed E-state index contributed by atoms with van der Waals surface area (Å²) in [6.45, 7) is 2.46. The third-order valence-electron chi connectivity index (χ3n) is 5.67. The summed E-state index contributed by atoms with van der Waals surface area (Å²) >= 11 is 0. The van der Waals surface area contributed by atoms with Gasteiger partial charge in [-0.25, -0.2) is 0 Å². The van der Waals surface area contributed by atoms with Crippen molar-refractivity contribution < 1.29 is 9.53 Å². The first-order chi connectivity index (χ1) is 15.7. The Morgan fingerprint density at radius 3 is 2.28 bits per heavy atom. The summed E-state index contributed by atoms with van der Waals surface area (Å²) in [4.78, 5) is 13.8. The van der Waals surface area contributed by atoms with Crippen LogP contribution in [-0.2, 0) is 6.61 Å².